The van der Waals surface area contributed by atoms with Crippen LogP contribution in [0, 0.1) is 0 Å². The van der Waals surface area contributed by atoms with Crippen molar-refractivity contribution >= 4 is 6.29 Å². The van der Waals surface area contributed by atoms with Crippen LogP contribution in [0.25, 0.3) is 0 Å². The Morgan fingerprint density at radius 1 is 1.22 bits per heavy atom. The van der Waals surface area contributed by atoms with Gasteiger partial charge in [-0.25, -0.2) is 0 Å². The molecule has 18 heavy (non-hydrogen) atoms. The van der Waals surface area contributed by atoms with E-state index < -0.39 is 0 Å². The Morgan fingerprint density at radius 3 is 2.89 bits per heavy atom. The molecular weight excluding hydrogens is 232 g/mol. The van der Waals surface area contributed by atoms with Gasteiger partial charge >= 0.3 is 0 Å². The van der Waals surface area contributed by atoms with Gasteiger partial charge in [0.25, 0.3) is 0 Å². The van der Waals surface area contributed by atoms with Crippen LogP contribution in [0.15, 0.2) is 41.0 Å². The Labute approximate surface area is 104 Å². The van der Waals surface area contributed by atoms with E-state index in [4.69, 9.17) is 13.9 Å². The molecule has 1 aliphatic rings. The van der Waals surface area contributed by atoms with Gasteiger partial charge in [0.1, 0.15) is 12.0 Å². The van der Waals surface area contributed by atoms with Crippen LogP contribution < -0.4 is 9.47 Å². The molecule has 3 rings (SSSR count). The second kappa shape index (κ2) is 4.56. The lowest BCUT2D eigenvalue weighted by molar-refractivity contribution is -0.109. The second-order valence-corrected chi connectivity index (χ2v) is 4.14. The minimum atomic E-state index is -0.231. The van der Waals surface area contributed by atoms with Crippen LogP contribution in [-0.4, -0.2) is 13.1 Å². The Balaban J connectivity index is 1.85. The molecule has 0 spiro atoms. The van der Waals surface area contributed by atoms with Crippen molar-refractivity contribution in [2.24, 2.45) is 0 Å². The summed E-state index contributed by atoms with van der Waals surface area (Å²) in [5.74, 6) is 1.98. The van der Waals surface area contributed by atoms with Gasteiger partial charge in [-0.15, -0.1) is 0 Å². The summed E-state index contributed by atoms with van der Waals surface area (Å²) in [6, 6.07) is 9.25. The first-order chi connectivity index (χ1) is 8.86. The number of hydrogen-bond donors (Lipinski definition) is 0. The maximum absolute atomic E-state index is 11.2. The van der Waals surface area contributed by atoms with Crippen molar-refractivity contribution in [1.82, 2.24) is 0 Å². The summed E-state index contributed by atoms with van der Waals surface area (Å²) in [6.45, 7) is 0.239. The van der Waals surface area contributed by atoms with Crippen LogP contribution in [0.5, 0.6) is 11.5 Å². The molecule has 2 aromatic rings. The highest BCUT2D eigenvalue weighted by atomic mass is 16.7. The minimum absolute atomic E-state index is 0.231. The first-order valence-corrected chi connectivity index (χ1v) is 5.74. The average molecular weight is 244 g/mol. The fraction of sp³-hybridized carbons (Fsp3) is 0.214. The van der Waals surface area contributed by atoms with Gasteiger partial charge in [0.15, 0.2) is 11.5 Å². The topological polar surface area (TPSA) is 48.7 Å². The summed E-state index contributed by atoms with van der Waals surface area (Å²) >= 11 is 0. The highest BCUT2D eigenvalue weighted by Crippen LogP contribution is 2.34. The van der Waals surface area contributed by atoms with E-state index in [0.717, 1.165) is 23.4 Å². The summed E-state index contributed by atoms with van der Waals surface area (Å²) in [5, 5.41) is 0. The average Bonchev–Trinajstić information content (AvgIpc) is 3.06. The van der Waals surface area contributed by atoms with Crippen molar-refractivity contribution in [3.05, 3.63) is 47.9 Å². The van der Waals surface area contributed by atoms with Crippen molar-refractivity contribution in [1.29, 1.82) is 0 Å². The van der Waals surface area contributed by atoms with Crippen molar-refractivity contribution in [3.63, 3.8) is 0 Å². The number of carbonyl (C=O) groups excluding carboxylic acids is 1. The molecule has 0 bridgehead atoms. The first-order valence-electron chi connectivity index (χ1n) is 5.74. The molecule has 0 saturated carbocycles. The van der Waals surface area contributed by atoms with Gasteiger partial charge in [0.2, 0.25) is 6.79 Å². The smallest absolute Gasteiger partial charge is 0.231 e. The first kappa shape index (κ1) is 10.9. The van der Waals surface area contributed by atoms with Crippen molar-refractivity contribution < 1.29 is 18.7 Å². The Hall–Kier alpha value is -2.23. The molecule has 1 aromatic carbocycles. The Bertz CT molecular complexity index is 545. The minimum Gasteiger partial charge on any atom is -0.469 e. The van der Waals surface area contributed by atoms with Gasteiger partial charge in [0.05, 0.1) is 6.26 Å². The fourth-order valence-electron chi connectivity index (χ4n) is 2.03. The Morgan fingerprint density at radius 2 is 2.11 bits per heavy atom. The summed E-state index contributed by atoms with van der Waals surface area (Å²) < 4.78 is 15.8. The van der Waals surface area contributed by atoms with E-state index in [1.807, 2.05) is 30.3 Å². The molecule has 0 radical (unpaired) electrons. The summed E-state index contributed by atoms with van der Waals surface area (Å²) in [7, 11) is 0. The monoisotopic (exact) mass is 244 g/mol. The maximum atomic E-state index is 11.2. The van der Waals surface area contributed by atoms with E-state index in [1.165, 1.54) is 0 Å². The number of carbonyl (C=O) groups is 1. The fourth-order valence-corrected chi connectivity index (χ4v) is 2.03. The van der Waals surface area contributed by atoms with Crippen LogP contribution in [0.2, 0.25) is 0 Å². The van der Waals surface area contributed by atoms with Crippen LogP contribution in [0.4, 0.5) is 0 Å². The van der Waals surface area contributed by atoms with Gasteiger partial charge in [-0.2, -0.15) is 0 Å². The van der Waals surface area contributed by atoms with Crippen LogP contribution in [-0.2, 0) is 11.2 Å². The zero-order chi connectivity index (χ0) is 12.4. The quantitative estimate of drug-likeness (QED) is 0.775. The molecule has 1 unspecified atom stereocenters. The molecule has 92 valence electrons. The van der Waals surface area contributed by atoms with E-state index in [0.29, 0.717) is 12.2 Å². The normalized spacial score (nSPS) is 14.4. The van der Waals surface area contributed by atoms with E-state index in [9.17, 15) is 4.79 Å². The molecule has 4 heteroatoms. The molecule has 2 heterocycles. The summed E-state index contributed by atoms with van der Waals surface area (Å²) in [4.78, 5) is 11.2. The van der Waals surface area contributed by atoms with Crippen LogP contribution >= 0.6 is 0 Å². The molecule has 0 amide bonds. The number of aldehydes is 1. The number of rotatable bonds is 4. The molecule has 0 saturated heterocycles. The molecule has 1 aliphatic heterocycles. The lowest BCUT2D eigenvalue weighted by atomic mass is 9.96. The lowest BCUT2D eigenvalue weighted by Gasteiger charge is -2.09. The third-order valence-electron chi connectivity index (χ3n) is 2.99. The van der Waals surface area contributed by atoms with Crippen LogP contribution in [0.3, 0.4) is 0 Å². The summed E-state index contributed by atoms with van der Waals surface area (Å²) in [6.07, 6.45) is 3.09. The van der Waals surface area contributed by atoms with Gasteiger partial charge in [-0.3, -0.25) is 0 Å². The second-order valence-electron chi connectivity index (χ2n) is 4.14. The van der Waals surface area contributed by atoms with Crippen molar-refractivity contribution in [2.45, 2.75) is 12.3 Å². The van der Waals surface area contributed by atoms with Gasteiger partial charge in [-0.05, 0) is 29.8 Å². The summed E-state index contributed by atoms with van der Waals surface area (Å²) in [5.41, 5.74) is 0.908. The predicted molar refractivity (Wildman–Crippen MR) is 63.8 cm³/mol. The maximum Gasteiger partial charge on any atom is 0.231 e. The zero-order valence-corrected chi connectivity index (χ0v) is 9.67. The van der Waals surface area contributed by atoms with E-state index >= 15 is 0 Å². The van der Waals surface area contributed by atoms with E-state index in [-0.39, 0.29) is 12.7 Å². The molecule has 1 atom stereocenters. The zero-order valence-electron chi connectivity index (χ0n) is 9.67. The third-order valence-corrected chi connectivity index (χ3v) is 2.99. The lowest BCUT2D eigenvalue weighted by Crippen LogP contribution is -2.03. The molecule has 0 N–H and O–H groups in total. The molecular formula is C14H12O4. The van der Waals surface area contributed by atoms with Crippen LogP contribution in [0.1, 0.15) is 17.2 Å². The number of hydrogen-bond acceptors (Lipinski definition) is 4. The van der Waals surface area contributed by atoms with Gasteiger partial charge in [0, 0.05) is 12.3 Å². The van der Waals surface area contributed by atoms with E-state index in [1.54, 1.807) is 6.26 Å². The predicted octanol–water partition coefficient (Wildman–Crippen LogP) is 2.53. The molecule has 0 fully saturated rings. The van der Waals surface area contributed by atoms with Crippen molar-refractivity contribution in [2.75, 3.05) is 6.79 Å². The largest absolute Gasteiger partial charge is 0.469 e. The number of benzene rings is 1. The van der Waals surface area contributed by atoms with Gasteiger partial charge in [-0.1, -0.05) is 6.07 Å². The van der Waals surface area contributed by atoms with Crippen molar-refractivity contribution in [3.8, 4) is 11.5 Å². The highest BCUT2D eigenvalue weighted by Gasteiger charge is 2.18. The third kappa shape index (κ3) is 1.97. The molecule has 0 aliphatic carbocycles. The number of furan rings is 1. The van der Waals surface area contributed by atoms with E-state index in [2.05, 4.69) is 0 Å². The number of ether oxygens (including phenoxy) is 2. The highest BCUT2D eigenvalue weighted by molar-refractivity contribution is 5.64. The number of fused-ring (bicyclic) bond motifs is 1. The Kier molecular flexibility index (Phi) is 2.76. The molecule has 4 nitrogen and oxygen atoms in total. The standard InChI is InChI=1S/C14H12O4/c15-8-11(6-12-2-1-5-16-12)10-3-4-13-14(7-10)18-9-17-13/h1-5,7-8,11H,6,9H2. The SMILES string of the molecule is O=CC(Cc1ccco1)c1ccc2c(c1)OCO2. The molecule has 1 aromatic heterocycles. The van der Waals surface area contributed by atoms with Gasteiger partial charge < -0.3 is 18.7 Å².